The fourth-order valence-corrected chi connectivity index (χ4v) is 2.60. The SMILES string of the molecule is CC(C)n1nc(Br)nc1Oc1cccc(OC(F)(F)F)c1Oc1ccccc1. The standard InChI is InChI=1S/C18H15BrF3N3O3/c1-11(2)25-17(23-16(19)24-25)27-13-9-6-10-14(28-18(20,21)22)15(13)26-12-7-4-3-5-8-12/h3-11H,1-2H3. The molecule has 0 aliphatic carbocycles. The molecular weight excluding hydrogens is 443 g/mol. The van der Waals surface area contributed by atoms with Crippen molar-refractivity contribution in [2.24, 2.45) is 0 Å². The van der Waals surface area contributed by atoms with Crippen molar-refractivity contribution in [3.8, 4) is 29.0 Å². The number of halogens is 4. The van der Waals surface area contributed by atoms with E-state index < -0.39 is 12.1 Å². The zero-order valence-corrected chi connectivity index (χ0v) is 16.4. The maximum atomic E-state index is 12.8. The van der Waals surface area contributed by atoms with Gasteiger partial charge in [-0.25, -0.2) is 4.68 Å². The largest absolute Gasteiger partial charge is 0.573 e. The molecule has 0 spiro atoms. The van der Waals surface area contributed by atoms with Crippen molar-refractivity contribution < 1.29 is 27.4 Å². The van der Waals surface area contributed by atoms with Gasteiger partial charge in [-0.15, -0.1) is 18.3 Å². The van der Waals surface area contributed by atoms with E-state index in [9.17, 15) is 13.2 Å². The maximum Gasteiger partial charge on any atom is 0.573 e. The van der Waals surface area contributed by atoms with Crippen LogP contribution in [-0.4, -0.2) is 21.1 Å². The van der Waals surface area contributed by atoms with E-state index in [-0.39, 0.29) is 28.3 Å². The second kappa shape index (κ2) is 8.09. The molecule has 0 atom stereocenters. The van der Waals surface area contributed by atoms with Gasteiger partial charge in [0, 0.05) is 0 Å². The number of benzene rings is 2. The lowest BCUT2D eigenvalue weighted by molar-refractivity contribution is -0.275. The van der Waals surface area contributed by atoms with Crippen LogP contribution in [0.15, 0.2) is 53.3 Å². The first kappa shape index (κ1) is 20.0. The molecule has 0 N–H and O–H groups in total. The van der Waals surface area contributed by atoms with Crippen molar-refractivity contribution in [3.05, 3.63) is 53.3 Å². The van der Waals surface area contributed by atoms with Crippen LogP contribution in [0.5, 0.6) is 29.0 Å². The highest BCUT2D eigenvalue weighted by Crippen LogP contribution is 2.44. The average molecular weight is 458 g/mol. The summed E-state index contributed by atoms with van der Waals surface area (Å²) in [6.45, 7) is 3.72. The second-order valence-electron chi connectivity index (χ2n) is 5.85. The predicted molar refractivity (Wildman–Crippen MR) is 97.8 cm³/mol. The summed E-state index contributed by atoms with van der Waals surface area (Å²) in [5.41, 5.74) is 0. The van der Waals surface area contributed by atoms with Gasteiger partial charge in [0.2, 0.25) is 10.5 Å². The normalized spacial score (nSPS) is 11.5. The summed E-state index contributed by atoms with van der Waals surface area (Å²) in [6.07, 6.45) is -4.89. The van der Waals surface area contributed by atoms with E-state index in [0.29, 0.717) is 5.75 Å². The van der Waals surface area contributed by atoms with Gasteiger partial charge >= 0.3 is 12.4 Å². The lowest BCUT2D eigenvalue weighted by atomic mass is 10.3. The van der Waals surface area contributed by atoms with Crippen molar-refractivity contribution in [2.45, 2.75) is 26.3 Å². The van der Waals surface area contributed by atoms with E-state index in [0.717, 1.165) is 6.07 Å². The van der Waals surface area contributed by atoms with Gasteiger partial charge in [0.1, 0.15) is 5.75 Å². The molecule has 2 aromatic carbocycles. The van der Waals surface area contributed by atoms with Crippen LogP contribution in [0.25, 0.3) is 0 Å². The molecule has 6 nitrogen and oxygen atoms in total. The molecule has 0 saturated carbocycles. The Morgan fingerprint density at radius 2 is 1.64 bits per heavy atom. The summed E-state index contributed by atoms with van der Waals surface area (Å²) in [6, 6.07) is 12.3. The fourth-order valence-electron chi connectivity index (χ4n) is 2.28. The minimum absolute atomic E-state index is 0.00703. The molecule has 148 valence electrons. The molecular formula is C18H15BrF3N3O3. The molecule has 0 bridgehead atoms. The third kappa shape index (κ3) is 4.94. The Morgan fingerprint density at radius 3 is 2.29 bits per heavy atom. The van der Waals surface area contributed by atoms with E-state index in [2.05, 4.69) is 30.7 Å². The Balaban J connectivity index is 2.03. The van der Waals surface area contributed by atoms with Crippen LogP contribution in [0.1, 0.15) is 19.9 Å². The van der Waals surface area contributed by atoms with E-state index in [1.54, 1.807) is 30.3 Å². The van der Waals surface area contributed by atoms with E-state index in [1.165, 1.54) is 16.8 Å². The summed E-state index contributed by atoms with van der Waals surface area (Å²) >= 11 is 3.16. The van der Waals surface area contributed by atoms with Gasteiger partial charge in [-0.1, -0.05) is 24.3 Å². The quantitative estimate of drug-likeness (QED) is 0.447. The van der Waals surface area contributed by atoms with E-state index in [4.69, 9.17) is 9.47 Å². The van der Waals surface area contributed by atoms with Crippen LogP contribution in [0.3, 0.4) is 0 Å². The number of hydrogen-bond donors (Lipinski definition) is 0. The Kier molecular flexibility index (Phi) is 5.78. The van der Waals surface area contributed by atoms with Gasteiger partial charge in [0.05, 0.1) is 6.04 Å². The van der Waals surface area contributed by atoms with Gasteiger partial charge in [0.25, 0.3) is 0 Å². The van der Waals surface area contributed by atoms with Crippen LogP contribution in [0.2, 0.25) is 0 Å². The zero-order valence-electron chi connectivity index (χ0n) is 14.8. The minimum Gasteiger partial charge on any atom is -0.449 e. The van der Waals surface area contributed by atoms with Crippen molar-refractivity contribution in [3.63, 3.8) is 0 Å². The molecule has 0 amide bonds. The molecule has 0 aliphatic heterocycles. The van der Waals surface area contributed by atoms with Crippen LogP contribution in [-0.2, 0) is 0 Å². The van der Waals surface area contributed by atoms with E-state index >= 15 is 0 Å². The molecule has 1 heterocycles. The lowest BCUT2D eigenvalue weighted by Crippen LogP contribution is -2.17. The first-order valence-electron chi connectivity index (χ1n) is 8.14. The summed E-state index contributed by atoms with van der Waals surface area (Å²) in [4.78, 5) is 4.11. The number of rotatable bonds is 6. The van der Waals surface area contributed by atoms with Gasteiger partial charge in [0.15, 0.2) is 11.5 Å². The summed E-state index contributed by atoms with van der Waals surface area (Å²) in [5, 5.41) is 4.15. The number of alkyl halides is 3. The van der Waals surface area contributed by atoms with Crippen molar-refractivity contribution in [2.75, 3.05) is 0 Å². The zero-order chi connectivity index (χ0) is 20.3. The predicted octanol–water partition coefficient (Wildman–Crippen LogP) is 6.10. The molecule has 10 heteroatoms. The summed E-state index contributed by atoms with van der Waals surface area (Å²) in [5.74, 6) is -0.464. The highest BCUT2D eigenvalue weighted by molar-refractivity contribution is 9.10. The lowest BCUT2D eigenvalue weighted by Gasteiger charge is -2.17. The third-order valence-corrected chi connectivity index (χ3v) is 3.73. The van der Waals surface area contributed by atoms with Crippen molar-refractivity contribution >= 4 is 15.9 Å². The summed E-state index contributed by atoms with van der Waals surface area (Å²) in [7, 11) is 0. The van der Waals surface area contributed by atoms with Gasteiger partial charge in [-0.3, -0.25) is 0 Å². The molecule has 3 rings (SSSR count). The number of ether oxygens (including phenoxy) is 3. The Morgan fingerprint density at radius 1 is 0.964 bits per heavy atom. The Bertz CT molecular complexity index is 946. The number of aromatic nitrogens is 3. The van der Waals surface area contributed by atoms with Crippen LogP contribution >= 0.6 is 15.9 Å². The Labute approximate surface area is 167 Å². The highest BCUT2D eigenvalue weighted by Gasteiger charge is 2.33. The first-order chi connectivity index (χ1) is 13.2. The van der Waals surface area contributed by atoms with Crippen LogP contribution < -0.4 is 14.2 Å². The Hall–Kier alpha value is -2.75. The molecule has 1 aromatic heterocycles. The third-order valence-electron chi connectivity index (χ3n) is 3.40. The number of para-hydroxylation sites is 2. The summed E-state index contributed by atoms with van der Waals surface area (Å²) < 4.78 is 55.8. The molecule has 0 saturated heterocycles. The van der Waals surface area contributed by atoms with Crippen LogP contribution in [0.4, 0.5) is 13.2 Å². The number of nitrogens with zero attached hydrogens (tertiary/aromatic N) is 3. The molecule has 3 aromatic rings. The van der Waals surface area contributed by atoms with Crippen molar-refractivity contribution in [1.82, 2.24) is 14.8 Å². The van der Waals surface area contributed by atoms with Gasteiger partial charge < -0.3 is 14.2 Å². The van der Waals surface area contributed by atoms with Gasteiger partial charge in [-0.05, 0) is 54.0 Å². The fraction of sp³-hybridized carbons (Fsp3) is 0.222. The monoisotopic (exact) mass is 457 g/mol. The topological polar surface area (TPSA) is 58.4 Å². The van der Waals surface area contributed by atoms with E-state index in [1.807, 2.05) is 13.8 Å². The molecule has 28 heavy (non-hydrogen) atoms. The second-order valence-corrected chi connectivity index (χ2v) is 6.56. The minimum atomic E-state index is -4.89. The smallest absolute Gasteiger partial charge is 0.449 e. The average Bonchev–Trinajstić information content (AvgIpc) is 2.98. The maximum absolute atomic E-state index is 12.8. The molecule has 0 unspecified atom stereocenters. The van der Waals surface area contributed by atoms with Crippen molar-refractivity contribution in [1.29, 1.82) is 0 Å². The van der Waals surface area contributed by atoms with Crippen LogP contribution in [0, 0.1) is 0 Å². The molecule has 0 aliphatic rings. The first-order valence-corrected chi connectivity index (χ1v) is 8.94. The highest BCUT2D eigenvalue weighted by atomic mass is 79.9. The van der Waals surface area contributed by atoms with Gasteiger partial charge in [-0.2, -0.15) is 4.98 Å². The number of hydrogen-bond acceptors (Lipinski definition) is 5. The molecule has 0 fully saturated rings. The molecule has 0 radical (unpaired) electrons.